The maximum atomic E-state index is 12.9. The van der Waals surface area contributed by atoms with Crippen LogP contribution in [0.1, 0.15) is 47.0 Å². The predicted molar refractivity (Wildman–Crippen MR) is 121 cm³/mol. The summed E-state index contributed by atoms with van der Waals surface area (Å²) in [5.41, 5.74) is 1.14. The minimum Gasteiger partial charge on any atom is -0.447 e. The molecule has 29 heavy (non-hydrogen) atoms. The number of carbonyl (C=O) groups excluding carboxylic acids is 1. The fourth-order valence-corrected chi connectivity index (χ4v) is 3.81. The molecule has 2 rings (SSSR count). The smallest absolute Gasteiger partial charge is 0.410 e. The fraction of sp³-hybridized carbons (Fsp3) is 0.500. The third-order valence-electron chi connectivity index (χ3n) is 4.96. The number of nitrogens with zero attached hydrogens (tertiary/aromatic N) is 3. The molecule has 1 aromatic heterocycles. The Morgan fingerprint density at radius 2 is 2.14 bits per heavy atom. The van der Waals surface area contributed by atoms with Gasteiger partial charge in [-0.3, -0.25) is 4.90 Å². The van der Waals surface area contributed by atoms with Crippen molar-refractivity contribution in [3.05, 3.63) is 53.3 Å². The summed E-state index contributed by atoms with van der Waals surface area (Å²) in [7, 11) is 0. The average molecular weight is 463 g/mol. The normalized spacial score (nSPS) is 22.3. The van der Waals surface area contributed by atoms with Gasteiger partial charge in [0.25, 0.3) is 0 Å². The van der Waals surface area contributed by atoms with Gasteiger partial charge in [-0.15, -0.1) is 0 Å². The number of hydrogen-bond acceptors (Lipinski definition) is 5. The topological polar surface area (TPSA) is 67.4 Å². The molecule has 1 aliphatic heterocycles. The highest BCUT2D eigenvalue weighted by Gasteiger charge is 2.44. The molecule has 1 amide bonds. The van der Waals surface area contributed by atoms with E-state index in [4.69, 9.17) is 4.74 Å². The summed E-state index contributed by atoms with van der Waals surface area (Å²) >= 11 is 3.36. The number of halogens is 1. The summed E-state index contributed by atoms with van der Waals surface area (Å²) in [5, 5.41) is 3.44. The molecular weight excluding hydrogens is 432 g/mol. The molecule has 0 radical (unpaired) electrons. The first-order valence-electron chi connectivity index (χ1n) is 10.1. The number of carbonyl (C=O) groups is 1. The highest BCUT2D eigenvalue weighted by molar-refractivity contribution is 9.10. The molecule has 0 bridgehead atoms. The van der Waals surface area contributed by atoms with E-state index in [0.717, 1.165) is 22.9 Å². The van der Waals surface area contributed by atoms with Crippen LogP contribution in [0, 0.1) is 0 Å². The van der Waals surface area contributed by atoms with Gasteiger partial charge in [0.05, 0.1) is 22.7 Å². The van der Waals surface area contributed by atoms with Gasteiger partial charge in [0.2, 0.25) is 5.95 Å². The number of likely N-dealkylation sites (tertiary alicyclic amines) is 1. The third kappa shape index (κ3) is 6.42. The van der Waals surface area contributed by atoms with Crippen LogP contribution in [-0.4, -0.2) is 45.2 Å². The van der Waals surface area contributed by atoms with Gasteiger partial charge >= 0.3 is 6.09 Å². The van der Waals surface area contributed by atoms with Crippen LogP contribution >= 0.6 is 15.9 Å². The minimum atomic E-state index is -0.263. The molecular formula is C22H31BrN4O2. The van der Waals surface area contributed by atoms with Crippen LogP contribution in [0.4, 0.5) is 10.7 Å². The Hall–Kier alpha value is -2.15. The lowest BCUT2D eigenvalue weighted by atomic mass is 9.99. The van der Waals surface area contributed by atoms with E-state index in [0.29, 0.717) is 12.4 Å². The second-order valence-electron chi connectivity index (χ2n) is 7.34. The Balaban J connectivity index is 2.33. The van der Waals surface area contributed by atoms with E-state index < -0.39 is 0 Å². The second kappa shape index (κ2) is 11.1. The molecule has 0 unspecified atom stereocenters. The SMILES string of the molecule is C=C/C=C\C(=C/C)C[C@H]1[C@@H](Nc2ncc(Br)cn2)C[C@@H](CC)N1C(=O)OC(C)C. The molecule has 3 atom stereocenters. The lowest BCUT2D eigenvalue weighted by Gasteiger charge is -2.31. The zero-order valence-electron chi connectivity index (χ0n) is 17.6. The predicted octanol–water partition coefficient (Wildman–Crippen LogP) is 5.50. The van der Waals surface area contributed by atoms with Crippen LogP contribution in [0.3, 0.4) is 0 Å². The molecule has 1 N–H and O–H groups in total. The van der Waals surface area contributed by atoms with Crippen molar-refractivity contribution < 1.29 is 9.53 Å². The zero-order chi connectivity index (χ0) is 21.4. The Labute approximate surface area is 182 Å². The summed E-state index contributed by atoms with van der Waals surface area (Å²) in [6, 6.07) is 0.0488. The van der Waals surface area contributed by atoms with Gasteiger partial charge in [0, 0.05) is 18.4 Å². The largest absolute Gasteiger partial charge is 0.447 e. The first-order valence-corrected chi connectivity index (χ1v) is 10.9. The molecule has 1 aliphatic rings. The third-order valence-corrected chi connectivity index (χ3v) is 5.37. The van der Waals surface area contributed by atoms with Crippen molar-refractivity contribution in [2.24, 2.45) is 0 Å². The summed E-state index contributed by atoms with van der Waals surface area (Å²) in [6.07, 6.45) is 13.2. The van der Waals surface area contributed by atoms with Gasteiger partial charge in [0.1, 0.15) is 0 Å². The molecule has 1 aromatic rings. The van der Waals surface area contributed by atoms with Crippen molar-refractivity contribution in [1.82, 2.24) is 14.9 Å². The maximum Gasteiger partial charge on any atom is 0.410 e. The van der Waals surface area contributed by atoms with Crippen LogP contribution in [0.5, 0.6) is 0 Å². The molecule has 158 valence electrons. The quantitative estimate of drug-likeness (QED) is 0.516. The molecule has 0 spiro atoms. The number of rotatable bonds is 8. The van der Waals surface area contributed by atoms with E-state index in [9.17, 15) is 4.79 Å². The van der Waals surface area contributed by atoms with Crippen molar-refractivity contribution in [2.45, 2.75) is 71.2 Å². The molecule has 2 heterocycles. The van der Waals surface area contributed by atoms with Crippen molar-refractivity contribution in [3.63, 3.8) is 0 Å². The Kier molecular flexibility index (Phi) is 8.89. The molecule has 1 fully saturated rings. The average Bonchev–Trinajstić information content (AvgIpc) is 3.03. The van der Waals surface area contributed by atoms with Gasteiger partial charge in [0.15, 0.2) is 0 Å². The Bertz CT molecular complexity index is 746. The Morgan fingerprint density at radius 3 is 2.69 bits per heavy atom. The highest BCUT2D eigenvalue weighted by atomic mass is 79.9. The van der Waals surface area contributed by atoms with E-state index in [2.05, 4.69) is 50.8 Å². The monoisotopic (exact) mass is 462 g/mol. The molecule has 0 aromatic carbocycles. The van der Waals surface area contributed by atoms with Gasteiger partial charge in [-0.1, -0.05) is 43.4 Å². The van der Waals surface area contributed by atoms with E-state index in [1.807, 2.05) is 37.8 Å². The van der Waals surface area contributed by atoms with Gasteiger partial charge in [-0.05, 0) is 56.0 Å². The molecule has 6 nitrogen and oxygen atoms in total. The lowest BCUT2D eigenvalue weighted by Crippen LogP contribution is -2.45. The number of ether oxygens (including phenoxy) is 1. The molecule has 7 heteroatoms. The fourth-order valence-electron chi connectivity index (χ4n) is 3.60. The van der Waals surface area contributed by atoms with Crippen LogP contribution in [0.25, 0.3) is 0 Å². The number of nitrogens with one attached hydrogen (secondary N) is 1. The Morgan fingerprint density at radius 1 is 1.45 bits per heavy atom. The standard InChI is InChI=1S/C22H31BrN4O2/c1-6-9-10-16(7-2)11-20-19(26-21-24-13-17(23)14-25-21)12-18(8-3)27(20)22(28)29-15(4)5/h6-7,9-10,13-15,18-20H,1,8,11-12H2,2-5H3,(H,24,25,26)/b10-9-,16-7+/t18-,19+,20+/m1/s1. The summed E-state index contributed by atoms with van der Waals surface area (Å²) < 4.78 is 6.40. The van der Waals surface area contributed by atoms with Crippen LogP contribution in [-0.2, 0) is 4.74 Å². The first-order chi connectivity index (χ1) is 13.9. The second-order valence-corrected chi connectivity index (χ2v) is 8.26. The number of allylic oxidation sites excluding steroid dienone is 4. The molecule has 0 aliphatic carbocycles. The van der Waals surface area contributed by atoms with E-state index in [1.165, 1.54) is 0 Å². The number of amides is 1. The van der Waals surface area contributed by atoms with Gasteiger partial charge in [-0.25, -0.2) is 14.8 Å². The van der Waals surface area contributed by atoms with Crippen LogP contribution in [0.15, 0.2) is 53.3 Å². The van der Waals surface area contributed by atoms with Gasteiger partial charge in [-0.2, -0.15) is 0 Å². The van der Waals surface area contributed by atoms with Crippen molar-refractivity contribution in [2.75, 3.05) is 5.32 Å². The molecule has 0 saturated carbocycles. The first kappa shape index (κ1) is 23.1. The number of aromatic nitrogens is 2. The highest BCUT2D eigenvalue weighted by Crippen LogP contribution is 2.33. The maximum absolute atomic E-state index is 12.9. The van der Waals surface area contributed by atoms with E-state index in [1.54, 1.807) is 18.5 Å². The lowest BCUT2D eigenvalue weighted by molar-refractivity contribution is 0.0601. The number of hydrogen-bond donors (Lipinski definition) is 1. The summed E-state index contributed by atoms with van der Waals surface area (Å²) in [5.74, 6) is 0.556. The minimum absolute atomic E-state index is 0.0212. The van der Waals surface area contributed by atoms with Crippen molar-refractivity contribution in [3.8, 4) is 0 Å². The molecule has 1 saturated heterocycles. The number of anilines is 1. The summed E-state index contributed by atoms with van der Waals surface area (Å²) in [4.78, 5) is 23.5. The van der Waals surface area contributed by atoms with Crippen LogP contribution in [0.2, 0.25) is 0 Å². The van der Waals surface area contributed by atoms with Crippen molar-refractivity contribution >= 4 is 28.0 Å². The van der Waals surface area contributed by atoms with Crippen LogP contribution < -0.4 is 5.32 Å². The summed E-state index contributed by atoms with van der Waals surface area (Å²) in [6.45, 7) is 11.6. The van der Waals surface area contributed by atoms with Crippen molar-refractivity contribution in [1.29, 1.82) is 0 Å². The van der Waals surface area contributed by atoms with Gasteiger partial charge < -0.3 is 10.1 Å². The van der Waals surface area contributed by atoms with E-state index in [-0.39, 0.29) is 30.3 Å². The zero-order valence-corrected chi connectivity index (χ0v) is 19.2. The van der Waals surface area contributed by atoms with E-state index >= 15 is 0 Å².